The smallest absolute Gasteiger partial charge is 0.373 e. The van der Waals surface area contributed by atoms with Gasteiger partial charge in [-0.2, -0.15) is 0 Å². The molecule has 0 aliphatic rings. The summed E-state index contributed by atoms with van der Waals surface area (Å²) >= 11 is 1.15. The zero-order valence-electron chi connectivity index (χ0n) is 13.8. The van der Waals surface area contributed by atoms with E-state index in [-0.39, 0.29) is 18.1 Å². The molecule has 0 unspecified atom stereocenters. The molecular formula is C17H20O6S. The van der Waals surface area contributed by atoms with E-state index in [1.54, 1.807) is 45.2 Å². The van der Waals surface area contributed by atoms with Gasteiger partial charge >= 0.3 is 11.9 Å². The van der Waals surface area contributed by atoms with Gasteiger partial charge in [-0.3, -0.25) is 0 Å². The van der Waals surface area contributed by atoms with Gasteiger partial charge in [0.05, 0.1) is 25.2 Å². The predicted molar refractivity (Wildman–Crippen MR) is 90.9 cm³/mol. The normalized spacial score (nSPS) is 11.8. The summed E-state index contributed by atoms with van der Waals surface area (Å²) in [6, 6.07) is 7.09. The van der Waals surface area contributed by atoms with Gasteiger partial charge in [-0.25, -0.2) is 9.59 Å². The third-order valence-corrected chi connectivity index (χ3v) is 3.67. The molecule has 1 rings (SSSR count). The van der Waals surface area contributed by atoms with Crippen LogP contribution in [0.25, 0.3) is 0 Å². The van der Waals surface area contributed by atoms with Gasteiger partial charge in [0, 0.05) is 4.90 Å². The number of allylic oxidation sites excluding steroid dienone is 2. The van der Waals surface area contributed by atoms with Crippen LogP contribution in [0.1, 0.15) is 13.8 Å². The highest BCUT2D eigenvalue weighted by atomic mass is 32.2. The van der Waals surface area contributed by atoms with E-state index in [4.69, 9.17) is 9.47 Å². The minimum absolute atomic E-state index is 0.145. The number of aliphatic hydroxyl groups excluding tert-OH is 1. The quantitative estimate of drug-likeness (QED) is 0.253. The Morgan fingerprint density at radius 1 is 1.04 bits per heavy atom. The summed E-state index contributed by atoms with van der Waals surface area (Å²) in [5, 5.41) is 9.61. The van der Waals surface area contributed by atoms with E-state index < -0.39 is 17.7 Å². The molecule has 0 amide bonds. The van der Waals surface area contributed by atoms with Crippen LogP contribution in [0.4, 0.5) is 0 Å². The lowest BCUT2D eigenvalue weighted by Gasteiger charge is -2.07. The average Bonchev–Trinajstić information content (AvgIpc) is 2.59. The number of carbonyl (C=O) groups excluding carboxylic acids is 2. The summed E-state index contributed by atoms with van der Waals surface area (Å²) in [6.45, 7) is 3.68. The summed E-state index contributed by atoms with van der Waals surface area (Å²) in [5.41, 5.74) is 0. The van der Waals surface area contributed by atoms with Crippen molar-refractivity contribution in [3.05, 3.63) is 47.1 Å². The van der Waals surface area contributed by atoms with Crippen molar-refractivity contribution in [2.45, 2.75) is 18.7 Å². The topological polar surface area (TPSA) is 82.1 Å². The molecule has 0 aliphatic carbocycles. The molecule has 0 radical (unpaired) electrons. The fourth-order valence-electron chi connectivity index (χ4n) is 1.54. The van der Waals surface area contributed by atoms with E-state index in [1.807, 2.05) is 0 Å². The second-order valence-electron chi connectivity index (χ2n) is 4.30. The van der Waals surface area contributed by atoms with Crippen LogP contribution in [0.2, 0.25) is 0 Å². The standard InChI is InChI=1S/C17H20O6S/c1-4-22-16(19)14(18)10-11-15(17(20)23-5-2)24-13-8-6-12(21-3)7-9-13/h6-11,18H,4-5H2,1-3H3/b14-10-,15-11-. The number of thioether (sulfide) groups is 1. The Labute approximate surface area is 145 Å². The van der Waals surface area contributed by atoms with Gasteiger partial charge in [0.15, 0.2) is 0 Å². The van der Waals surface area contributed by atoms with E-state index in [9.17, 15) is 14.7 Å². The number of benzene rings is 1. The molecule has 0 aliphatic heterocycles. The Morgan fingerprint density at radius 2 is 1.62 bits per heavy atom. The Bertz CT molecular complexity index is 618. The molecule has 24 heavy (non-hydrogen) atoms. The number of carbonyl (C=O) groups is 2. The maximum atomic E-state index is 12.0. The van der Waals surface area contributed by atoms with Crippen molar-refractivity contribution >= 4 is 23.7 Å². The monoisotopic (exact) mass is 352 g/mol. The molecule has 0 saturated carbocycles. The van der Waals surface area contributed by atoms with Crippen molar-refractivity contribution in [2.24, 2.45) is 0 Å². The third kappa shape index (κ3) is 6.37. The van der Waals surface area contributed by atoms with Crippen LogP contribution < -0.4 is 4.74 Å². The zero-order chi connectivity index (χ0) is 17.9. The van der Waals surface area contributed by atoms with E-state index >= 15 is 0 Å². The first-order chi connectivity index (χ1) is 11.5. The lowest BCUT2D eigenvalue weighted by Crippen LogP contribution is -2.07. The molecule has 0 saturated heterocycles. The van der Waals surface area contributed by atoms with Crippen LogP contribution in [0.3, 0.4) is 0 Å². The van der Waals surface area contributed by atoms with Crippen molar-refractivity contribution < 1.29 is 28.9 Å². The van der Waals surface area contributed by atoms with E-state index in [1.165, 1.54) is 6.08 Å². The summed E-state index contributed by atoms with van der Waals surface area (Å²) < 4.78 is 14.7. The predicted octanol–water partition coefficient (Wildman–Crippen LogP) is 3.24. The van der Waals surface area contributed by atoms with Crippen LogP contribution in [-0.4, -0.2) is 37.4 Å². The van der Waals surface area contributed by atoms with Gasteiger partial charge in [0.1, 0.15) is 5.75 Å². The van der Waals surface area contributed by atoms with Crippen molar-refractivity contribution in [3.8, 4) is 5.75 Å². The zero-order valence-corrected chi connectivity index (χ0v) is 14.6. The van der Waals surface area contributed by atoms with Crippen molar-refractivity contribution in [2.75, 3.05) is 20.3 Å². The van der Waals surface area contributed by atoms with Gasteiger partial charge in [0.25, 0.3) is 0 Å². The molecule has 0 atom stereocenters. The van der Waals surface area contributed by atoms with Crippen molar-refractivity contribution in [3.63, 3.8) is 0 Å². The number of ether oxygens (including phenoxy) is 3. The highest BCUT2D eigenvalue weighted by Gasteiger charge is 2.13. The van der Waals surface area contributed by atoms with Gasteiger partial charge in [-0.1, -0.05) is 11.8 Å². The largest absolute Gasteiger partial charge is 0.502 e. The van der Waals surface area contributed by atoms with E-state index in [0.29, 0.717) is 5.75 Å². The molecule has 1 aromatic rings. The summed E-state index contributed by atoms with van der Waals surface area (Å²) in [4.78, 5) is 24.4. The first kappa shape index (κ1) is 19.6. The minimum Gasteiger partial charge on any atom is -0.502 e. The minimum atomic E-state index is -0.855. The van der Waals surface area contributed by atoms with Gasteiger partial charge in [-0.15, -0.1) is 0 Å². The second kappa shape index (κ2) is 10.4. The van der Waals surface area contributed by atoms with Crippen molar-refractivity contribution in [1.82, 2.24) is 0 Å². The number of hydrogen-bond acceptors (Lipinski definition) is 7. The van der Waals surface area contributed by atoms with Gasteiger partial charge in [0.2, 0.25) is 5.76 Å². The third-order valence-electron chi connectivity index (χ3n) is 2.64. The Hall–Kier alpha value is -2.41. The fourth-order valence-corrected chi connectivity index (χ4v) is 2.35. The van der Waals surface area contributed by atoms with Crippen LogP contribution in [0, 0.1) is 0 Å². The number of esters is 2. The Kier molecular flexibility index (Phi) is 8.49. The summed E-state index contributed by atoms with van der Waals surface area (Å²) in [5.74, 6) is -1.30. The van der Waals surface area contributed by atoms with Gasteiger partial charge < -0.3 is 19.3 Å². The van der Waals surface area contributed by atoms with Crippen LogP contribution in [0.5, 0.6) is 5.75 Å². The average molecular weight is 352 g/mol. The first-order valence-electron chi connectivity index (χ1n) is 7.28. The Morgan fingerprint density at radius 3 is 2.17 bits per heavy atom. The fraction of sp³-hybridized carbons (Fsp3) is 0.294. The summed E-state index contributed by atoms with van der Waals surface area (Å²) in [6.07, 6.45) is 2.43. The van der Waals surface area contributed by atoms with Crippen LogP contribution in [-0.2, 0) is 19.1 Å². The molecule has 0 heterocycles. The first-order valence-corrected chi connectivity index (χ1v) is 8.10. The molecule has 0 bridgehead atoms. The number of aliphatic hydroxyl groups is 1. The number of methoxy groups -OCH3 is 1. The van der Waals surface area contributed by atoms with E-state index in [0.717, 1.165) is 22.7 Å². The molecule has 0 aromatic heterocycles. The maximum absolute atomic E-state index is 12.0. The molecule has 7 heteroatoms. The maximum Gasteiger partial charge on any atom is 0.373 e. The lowest BCUT2D eigenvalue weighted by molar-refractivity contribution is -0.141. The molecular weight excluding hydrogens is 332 g/mol. The molecule has 130 valence electrons. The molecule has 0 fully saturated rings. The molecule has 0 spiro atoms. The number of hydrogen-bond donors (Lipinski definition) is 1. The van der Waals surface area contributed by atoms with Crippen LogP contribution >= 0.6 is 11.8 Å². The molecule has 1 N–H and O–H groups in total. The summed E-state index contributed by atoms with van der Waals surface area (Å²) in [7, 11) is 1.56. The van der Waals surface area contributed by atoms with Crippen molar-refractivity contribution in [1.29, 1.82) is 0 Å². The highest BCUT2D eigenvalue weighted by Crippen LogP contribution is 2.29. The number of rotatable bonds is 8. The van der Waals surface area contributed by atoms with Crippen LogP contribution in [0.15, 0.2) is 52.0 Å². The van der Waals surface area contributed by atoms with E-state index in [2.05, 4.69) is 4.74 Å². The second-order valence-corrected chi connectivity index (χ2v) is 5.42. The highest BCUT2D eigenvalue weighted by molar-refractivity contribution is 8.04. The van der Waals surface area contributed by atoms with Gasteiger partial charge in [-0.05, 0) is 50.3 Å². The lowest BCUT2D eigenvalue weighted by atomic mass is 10.3. The SMILES string of the molecule is CCOC(=O)/C(O)=C/C=C(\Sc1ccc(OC)cc1)C(=O)OCC. The Balaban J connectivity index is 2.98. The molecule has 6 nitrogen and oxygen atoms in total. The molecule has 1 aromatic carbocycles.